The smallest absolute Gasteiger partial charge is 0.0593 e. The van der Waals surface area contributed by atoms with E-state index in [-0.39, 0.29) is 0 Å². The summed E-state index contributed by atoms with van der Waals surface area (Å²) in [4.78, 5) is 2.30. The Hall–Kier alpha value is -0.0900. The topological polar surface area (TPSA) is 21.7 Å². The minimum Gasteiger partial charge on any atom is -0.380 e. The van der Waals surface area contributed by atoms with Gasteiger partial charge in [0.25, 0.3) is 0 Å². The molecule has 16 heavy (non-hydrogen) atoms. The molecule has 0 bridgehead atoms. The molecule has 0 aliphatic rings. The molecule has 0 saturated carbocycles. The van der Waals surface area contributed by atoms with E-state index < -0.39 is 0 Å². The van der Waals surface area contributed by atoms with Crippen molar-refractivity contribution >= 4 is 11.6 Å². The van der Waals surface area contributed by atoms with Gasteiger partial charge in [0, 0.05) is 38.7 Å². The van der Waals surface area contributed by atoms with Gasteiger partial charge in [0.15, 0.2) is 0 Å². The highest BCUT2D eigenvalue weighted by Crippen LogP contribution is 1.92. The normalized spacial score (nSPS) is 11.8. The SMILES string of the molecule is CCOCCN(C/C=C/CCl)CCOCC. The number of alkyl halides is 1. The van der Waals surface area contributed by atoms with E-state index in [0.29, 0.717) is 5.88 Å². The number of nitrogens with zero attached hydrogens (tertiary/aromatic N) is 1. The Morgan fingerprint density at radius 1 is 1.00 bits per heavy atom. The van der Waals surface area contributed by atoms with Crippen LogP contribution in [0.25, 0.3) is 0 Å². The molecule has 0 aromatic carbocycles. The van der Waals surface area contributed by atoms with E-state index in [1.165, 1.54) is 0 Å². The van der Waals surface area contributed by atoms with Crippen LogP contribution in [0.2, 0.25) is 0 Å². The monoisotopic (exact) mass is 249 g/mol. The van der Waals surface area contributed by atoms with Crippen molar-refractivity contribution in [3.63, 3.8) is 0 Å². The van der Waals surface area contributed by atoms with E-state index >= 15 is 0 Å². The van der Waals surface area contributed by atoms with Crippen molar-refractivity contribution in [3.8, 4) is 0 Å². The van der Waals surface area contributed by atoms with Gasteiger partial charge >= 0.3 is 0 Å². The molecule has 0 amide bonds. The molecule has 0 atom stereocenters. The Balaban J connectivity index is 3.71. The van der Waals surface area contributed by atoms with Crippen molar-refractivity contribution < 1.29 is 9.47 Å². The Labute approximate surface area is 104 Å². The van der Waals surface area contributed by atoms with E-state index in [2.05, 4.69) is 11.0 Å². The maximum atomic E-state index is 5.58. The fraction of sp³-hybridized carbons (Fsp3) is 0.833. The number of hydrogen-bond acceptors (Lipinski definition) is 3. The van der Waals surface area contributed by atoms with Gasteiger partial charge in [-0.05, 0) is 13.8 Å². The summed E-state index contributed by atoms with van der Waals surface area (Å²) in [5.41, 5.74) is 0. The molecule has 0 aliphatic carbocycles. The molecule has 96 valence electrons. The van der Waals surface area contributed by atoms with Crippen LogP contribution in [0, 0.1) is 0 Å². The average molecular weight is 250 g/mol. The van der Waals surface area contributed by atoms with Crippen LogP contribution >= 0.6 is 11.6 Å². The zero-order valence-electron chi connectivity index (χ0n) is 10.5. The molecule has 0 saturated heterocycles. The largest absolute Gasteiger partial charge is 0.380 e. The molecule has 0 radical (unpaired) electrons. The number of rotatable bonds is 11. The summed E-state index contributed by atoms with van der Waals surface area (Å²) in [7, 11) is 0. The fourth-order valence-corrected chi connectivity index (χ4v) is 1.38. The van der Waals surface area contributed by atoms with Crippen LogP contribution in [0.5, 0.6) is 0 Å². The van der Waals surface area contributed by atoms with Gasteiger partial charge in [0.05, 0.1) is 13.2 Å². The maximum absolute atomic E-state index is 5.58. The molecule has 0 unspecified atom stereocenters. The number of halogens is 1. The summed E-state index contributed by atoms with van der Waals surface area (Å²) >= 11 is 5.58. The van der Waals surface area contributed by atoms with E-state index in [4.69, 9.17) is 21.1 Å². The van der Waals surface area contributed by atoms with Gasteiger partial charge in [-0.1, -0.05) is 12.2 Å². The maximum Gasteiger partial charge on any atom is 0.0593 e. The summed E-state index contributed by atoms with van der Waals surface area (Å²) in [5.74, 6) is 0.574. The molecular formula is C12H24ClNO2. The van der Waals surface area contributed by atoms with Gasteiger partial charge in [0.1, 0.15) is 0 Å². The van der Waals surface area contributed by atoms with Gasteiger partial charge in [-0.25, -0.2) is 0 Å². The van der Waals surface area contributed by atoms with Gasteiger partial charge in [-0.2, -0.15) is 0 Å². The second-order valence-corrected chi connectivity index (χ2v) is 3.63. The fourth-order valence-electron chi connectivity index (χ4n) is 1.26. The van der Waals surface area contributed by atoms with Crippen LogP contribution in [0.3, 0.4) is 0 Å². The van der Waals surface area contributed by atoms with Crippen molar-refractivity contribution in [1.82, 2.24) is 4.90 Å². The van der Waals surface area contributed by atoms with E-state index in [1.54, 1.807) is 0 Å². The molecule has 0 aromatic rings. The van der Waals surface area contributed by atoms with E-state index in [1.807, 2.05) is 19.9 Å². The van der Waals surface area contributed by atoms with Crippen LogP contribution < -0.4 is 0 Å². The first kappa shape index (κ1) is 15.9. The van der Waals surface area contributed by atoms with Crippen LogP contribution in [0.4, 0.5) is 0 Å². The molecule has 0 spiro atoms. The van der Waals surface area contributed by atoms with Crippen molar-refractivity contribution in [3.05, 3.63) is 12.2 Å². The van der Waals surface area contributed by atoms with Crippen molar-refractivity contribution in [1.29, 1.82) is 0 Å². The zero-order chi connectivity index (χ0) is 12.1. The summed E-state index contributed by atoms with van der Waals surface area (Å²) in [6.45, 7) is 9.91. The molecule has 0 fully saturated rings. The second-order valence-electron chi connectivity index (χ2n) is 3.32. The van der Waals surface area contributed by atoms with Gasteiger partial charge in [0.2, 0.25) is 0 Å². The Morgan fingerprint density at radius 2 is 1.56 bits per heavy atom. The molecule has 4 heteroatoms. The molecule has 0 aliphatic heterocycles. The van der Waals surface area contributed by atoms with Crippen molar-refractivity contribution in [2.75, 3.05) is 51.9 Å². The Bertz CT molecular complexity index is 155. The van der Waals surface area contributed by atoms with Crippen LogP contribution in [0.15, 0.2) is 12.2 Å². The first-order chi connectivity index (χ1) is 7.85. The van der Waals surface area contributed by atoms with Crippen LogP contribution in [-0.2, 0) is 9.47 Å². The zero-order valence-corrected chi connectivity index (χ0v) is 11.2. The summed E-state index contributed by atoms with van der Waals surface area (Å²) in [6, 6.07) is 0. The molecular weight excluding hydrogens is 226 g/mol. The predicted molar refractivity (Wildman–Crippen MR) is 69.3 cm³/mol. The second kappa shape index (κ2) is 13.0. The third-order valence-electron chi connectivity index (χ3n) is 2.13. The Morgan fingerprint density at radius 3 is 2.00 bits per heavy atom. The highest BCUT2D eigenvalue weighted by Gasteiger charge is 2.02. The lowest BCUT2D eigenvalue weighted by Gasteiger charge is -2.20. The lowest BCUT2D eigenvalue weighted by molar-refractivity contribution is 0.0877. The standard InChI is InChI=1S/C12H24ClNO2/c1-3-15-11-9-14(8-6-5-7-13)10-12-16-4-2/h5-6H,3-4,7-12H2,1-2H3/b6-5+. The lowest BCUT2D eigenvalue weighted by atomic mass is 10.4. The van der Waals surface area contributed by atoms with Crippen molar-refractivity contribution in [2.45, 2.75) is 13.8 Å². The molecule has 0 aromatic heterocycles. The van der Waals surface area contributed by atoms with E-state index in [0.717, 1.165) is 46.1 Å². The molecule has 3 nitrogen and oxygen atoms in total. The van der Waals surface area contributed by atoms with Gasteiger partial charge in [-0.3, -0.25) is 4.90 Å². The first-order valence-corrected chi connectivity index (χ1v) is 6.47. The lowest BCUT2D eigenvalue weighted by Crippen LogP contribution is -2.31. The third kappa shape index (κ3) is 10.4. The number of allylic oxidation sites excluding steroid dienone is 1. The average Bonchev–Trinajstić information content (AvgIpc) is 2.29. The molecule has 0 heterocycles. The van der Waals surface area contributed by atoms with E-state index in [9.17, 15) is 0 Å². The number of hydrogen-bond donors (Lipinski definition) is 0. The minimum atomic E-state index is 0.574. The van der Waals surface area contributed by atoms with Gasteiger partial charge < -0.3 is 9.47 Å². The highest BCUT2D eigenvalue weighted by atomic mass is 35.5. The van der Waals surface area contributed by atoms with Crippen molar-refractivity contribution in [2.24, 2.45) is 0 Å². The number of ether oxygens (including phenoxy) is 2. The summed E-state index contributed by atoms with van der Waals surface area (Å²) in [6.07, 6.45) is 4.06. The summed E-state index contributed by atoms with van der Waals surface area (Å²) < 4.78 is 10.7. The van der Waals surface area contributed by atoms with Gasteiger partial charge in [-0.15, -0.1) is 11.6 Å². The third-order valence-corrected chi connectivity index (χ3v) is 2.31. The van der Waals surface area contributed by atoms with Crippen LogP contribution in [0.1, 0.15) is 13.8 Å². The summed E-state index contributed by atoms with van der Waals surface area (Å²) in [5, 5.41) is 0. The predicted octanol–water partition coefficient (Wildman–Crippen LogP) is 2.16. The molecule has 0 N–H and O–H groups in total. The molecule has 0 rings (SSSR count). The quantitative estimate of drug-likeness (QED) is 0.318. The Kier molecular flexibility index (Phi) is 12.9. The van der Waals surface area contributed by atoms with Crippen LogP contribution in [-0.4, -0.2) is 56.8 Å². The highest BCUT2D eigenvalue weighted by molar-refractivity contribution is 6.18. The minimum absolute atomic E-state index is 0.574. The first-order valence-electron chi connectivity index (χ1n) is 5.93.